The first-order valence-corrected chi connectivity index (χ1v) is 5.78. The van der Waals surface area contributed by atoms with Crippen molar-refractivity contribution in [2.45, 2.75) is 19.4 Å². The van der Waals surface area contributed by atoms with E-state index in [1.807, 2.05) is 19.1 Å². The molecule has 1 aliphatic heterocycles. The summed E-state index contributed by atoms with van der Waals surface area (Å²) in [7, 11) is 0. The molecule has 1 atom stereocenters. The van der Waals surface area contributed by atoms with Gasteiger partial charge in [0.1, 0.15) is 6.04 Å². The molecule has 0 spiro atoms. The Bertz CT molecular complexity index is 406. The fourth-order valence-electron chi connectivity index (χ4n) is 1.97. The van der Waals surface area contributed by atoms with E-state index in [-0.39, 0.29) is 12.0 Å². The van der Waals surface area contributed by atoms with Crippen molar-refractivity contribution < 1.29 is 9.53 Å². The monoisotopic (exact) mass is 239 g/mol. The molecule has 1 aromatic carbocycles. The van der Waals surface area contributed by atoms with Crippen molar-refractivity contribution in [3.63, 3.8) is 0 Å². The Morgan fingerprint density at radius 3 is 3.19 bits per heavy atom. The minimum absolute atomic E-state index is 0.217. The van der Waals surface area contributed by atoms with Gasteiger partial charge in [-0.15, -0.1) is 0 Å². The number of hydrogen-bond donors (Lipinski definition) is 1. The first kappa shape index (κ1) is 11.4. The highest BCUT2D eigenvalue weighted by Crippen LogP contribution is 2.26. The molecule has 1 heterocycles. The predicted octanol–water partition coefficient (Wildman–Crippen LogP) is 2.09. The van der Waals surface area contributed by atoms with E-state index < -0.39 is 0 Å². The van der Waals surface area contributed by atoms with Crippen molar-refractivity contribution in [2.75, 3.05) is 13.2 Å². The number of halogens is 1. The Kier molecular flexibility index (Phi) is 3.46. The number of carbonyl (C=O) groups is 1. The van der Waals surface area contributed by atoms with Gasteiger partial charge in [0.2, 0.25) is 0 Å². The van der Waals surface area contributed by atoms with Gasteiger partial charge in [0.25, 0.3) is 0 Å². The van der Waals surface area contributed by atoms with Gasteiger partial charge in [-0.1, -0.05) is 17.7 Å². The van der Waals surface area contributed by atoms with Gasteiger partial charge >= 0.3 is 5.97 Å². The summed E-state index contributed by atoms with van der Waals surface area (Å²) in [6.45, 7) is 2.99. The number of hydrogen-bond acceptors (Lipinski definition) is 3. The Hall–Kier alpha value is -1.06. The Labute approximate surface area is 99.7 Å². The Morgan fingerprint density at radius 2 is 2.44 bits per heavy atom. The molecule has 0 fully saturated rings. The molecule has 0 saturated carbocycles. The molecule has 16 heavy (non-hydrogen) atoms. The summed E-state index contributed by atoms with van der Waals surface area (Å²) in [5, 5.41) is 3.87. The predicted molar refractivity (Wildman–Crippen MR) is 62.5 cm³/mol. The van der Waals surface area contributed by atoms with E-state index in [9.17, 15) is 4.79 Å². The highest BCUT2D eigenvalue weighted by Gasteiger charge is 2.26. The maximum atomic E-state index is 11.7. The molecule has 0 unspecified atom stereocenters. The summed E-state index contributed by atoms with van der Waals surface area (Å²) in [6, 6.07) is 5.27. The first-order valence-electron chi connectivity index (χ1n) is 5.40. The van der Waals surface area contributed by atoms with Gasteiger partial charge in [0, 0.05) is 11.6 Å². The summed E-state index contributed by atoms with van der Waals surface area (Å²) in [5.41, 5.74) is 2.11. The van der Waals surface area contributed by atoms with Crippen LogP contribution in [0.1, 0.15) is 24.1 Å². The molecular weight excluding hydrogens is 226 g/mol. The number of fused-ring (bicyclic) bond motifs is 1. The summed E-state index contributed by atoms with van der Waals surface area (Å²) in [6.07, 6.45) is 0.895. The summed E-state index contributed by atoms with van der Waals surface area (Å²) in [5.74, 6) is -0.217. The van der Waals surface area contributed by atoms with Gasteiger partial charge in [-0.05, 0) is 36.6 Å². The molecule has 86 valence electrons. The standard InChI is InChI=1S/C12H14ClNO2/c1-2-16-12(15)11-10-4-3-9(13)7-8(10)5-6-14-11/h3-4,7,11,14H,2,5-6H2,1H3/t11-/m0/s1. The molecular formula is C12H14ClNO2. The zero-order valence-electron chi connectivity index (χ0n) is 9.13. The van der Waals surface area contributed by atoms with Gasteiger partial charge in [-0.2, -0.15) is 0 Å². The van der Waals surface area contributed by atoms with Gasteiger partial charge in [0.05, 0.1) is 6.61 Å². The SMILES string of the molecule is CCOC(=O)[C@H]1NCCc2cc(Cl)ccc21. The number of ether oxygens (including phenoxy) is 1. The van der Waals surface area contributed by atoms with Gasteiger partial charge in [-0.25, -0.2) is 4.79 Å². The van der Waals surface area contributed by atoms with Crippen LogP contribution in [0.3, 0.4) is 0 Å². The van der Waals surface area contributed by atoms with Crippen LogP contribution in [-0.4, -0.2) is 19.1 Å². The van der Waals surface area contributed by atoms with Crippen LogP contribution in [0.15, 0.2) is 18.2 Å². The molecule has 2 rings (SSSR count). The third kappa shape index (κ3) is 2.20. The second-order valence-electron chi connectivity index (χ2n) is 3.73. The summed E-state index contributed by atoms with van der Waals surface area (Å²) in [4.78, 5) is 11.7. The van der Waals surface area contributed by atoms with E-state index in [1.54, 1.807) is 6.07 Å². The van der Waals surface area contributed by atoms with E-state index in [1.165, 1.54) is 0 Å². The highest BCUT2D eigenvalue weighted by atomic mass is 35.5. The zero-order valence-corrected chi connectivity index (χ0v) is 9.88. The maximum Gasteiger partial charge on any atom is 0.327 e. The van der Waals surface area contributed by atoms with Crippen LogP contribution in [0.4, 0.5) is 0 Å². The van der Waals surface area contributed by atoms with Crippen LogP contribution in [0.2, 0.25) is 5.02 Å². The lowest BCUT2D eigenvalue weighted by molar-refractivity contribution is -0.146. The lowest BCUT2D eigenvalue weighted by Gasteiger charge is -2.25. The van der Waals surface area contributed by atoms with Crippen LogP contribution >= 0.6 is 11.6 Å². The molecule has 1 N–H and O–H groups in total. The van der Waals surface area contributed by atoms with Crippen molar-refractivity contribution in [2.24, 2.45) is 0 Å². The molecule has 0 aliphatic carbocycles. The zero-order chi connectivity index (χ0) is 11.5. The topological polar surface area (TPSA) is 38.3 Å². The van der Waals surface area contributed by atoms with Crippen LogP contribution in [-0.2, 0) is 16.0 Å². The average Bonchev–Trinajstić information content (AvgIpc) is 2.28. The van der Waals surface area contributed by atoms with Gasteiger partial charge in [-0.3, -0.25) is 0 Å². The fourth-order valence-corrected chi connectivity index (χ4v) is 2.16. The summed E-state index contributed by atoms with van der Waals surface area (Å²) < 4.78 is 5.03. The van der Waals surface area contributed by atoms with E-state index in [4.69, 9.17) is 16.3 Å². The minimum Gasteiger partial charge on any atom is -0.465 e. The second-order valence-corrected chi connectivity index (χ2v) is 4.17. The van der Waals surface area contributed by atoms with E-state index in [0.717, 1.165) is 24.1 Å². The first-order chi connectivity index (χ1) is 7.72. The van der Waals surface area contributed by atoms with Crippen molar-refractivity contribution in [3.05, 3.63) is 34.3 Å². The molecule has 0 aromatic heterocycles. The quantitative estimate of drug-likeness (QED) is 0.804. The molecule has 1 aromatic rings. The van der Waals surface area contributed by atoms with E-state index in [0.29, 0.717) is 11.6 Å². The van der Waals surface area contributed by atoms with Crippen molar-refractivity contribution in [1.82, 2.24) is 5.32 Å². The smallest absolute Gasteiger partial charge is 0.327 e. The van der Waals surface area contributed by atoms with Crippen LogP contribution < -0.4 is 5.32 Å². The van der Waals surface area contributed by atoms with Crippen molar-refractivity contribution >= 4 is 17.6 Å². The van der Waals surface area contributed by atoms with Gasteiger partial charge < -0.3 is 10.1 Å². The number of benzene rings is 1. The number of esters is 1. The van der Waals surface area contributed by atoms with Crippen LogP contribution in [0.25, 0.3) is 0 Å². The lowest BCUT2D eigenvalue weighted by atomic mass is 9.94. The average molecular weight is 240 g/mol. The molecule has 4 heteroatoms. The highest BCUT2D eigenvalue weighted by molar-refractivity contribution is 6.30. The van der Waals surface area contributed by atoms with Crippen molar-refractivity contribution in [3.8, 4) is 0 Å². The van der Waals surface area contributed by atoms with Gasteiger partial charge in [0.15, 0.2) is 0 Å². The Morgan fingerprint density at radius 1 is 1.62 bits per heavy atom. The largest absolute Gasteiger partial charge is 0.465 e. The number of rotatable bonds is 2. The molecule has 1 aliphatic rings. The number of nitrogens with one attached hydrogen (secondary N) is 1. The molecule has 0 radical (unpaired) electrons. The molecule has 0 amide bonds. The molecule has 0 saturated heterocycles. The fraction of sp³-hybridized carbons (Fsp3) is 0.417. The maximum absolute atomic E-state index is 11.7. The van der Waals surface area contributed by atoms with Crippen LogP contribution in [0.5, 0.6) is 0 Å². The third-order valence-electron chi connectivity index (χ3n) is 2.68. The van der Waals surface area contributed by atoms with E-state index >= 15 is 0 Å². The second kappa shape index (κ2) is 4.85. The van der Waals surface area contributed by atoms with E-state index in [2.05, 4.69) is 5.32 Å². The minimum atomic E-state index is -0.346. The number of carbonyl (C=O) groups excluding carboxylic acids is 1. The van der Waals surface area contributed by atoms with Crippen molar-refractivity contribution in [1.29, 1.82) is 0 Å². The normalized spacial score (nSPS) is 19.0. The summed E-state index contributed by atoms with van der Waals surface area (Å²) >= 11 is 5.93. The van der Waals surface area contributed by atoms with Crippen LogP contribution in [0, 0.1) is 0 Å². The molecule has 0 bridgehead atoms. The molecule has 3 nitrogen and oxygen atoms in total. The Balaban J connectivity index is 2.29. The lowest BCUT2D eigenvalue weighted by Crippen LogP contribution is -2.36. The third-order valence-corrected chi connectivity index (χ3v) is 2.92.